The van der Waals surface area contributed by atoms with Gasteiger partial charge in [0.05, 0.1) is 4.91 Å². The van der Waals surface area contributed by atoms with E-state index in [0.717, 1.165) is 46.9 Å². The zero-order valence-corrected chi connectivity index (χ0v) is 19.6. The van der Waals surface area contributed by atoms with Crippen LogP contribution in [0.5, 0.6) is 0 Å². The highest BCUT2D eigenvalue weighted by Gasteiger charge is 2.37. The molecule has 156 valence electrons. The number of amides is 2. The van der Waals surface area contributed by atoms with Gasteiger partial charge >= 0.3 is 0 Å². The lowest BCUT2D eigenvalue weighted by molar-refractivity contribution is -0.115. The van der Waals surface area contributed by atoms with E-state index in [1.54, 1.807) is 6.08 Å². The summed E-state index contributed by atoms with van der Waals surface area (Å²) in [5, 5.41) is 2.61. The van der Waals surface area contributed by atoms with Crippen LogP contribution in [0, 0.1) is 6.92 Å². The smallest absolute Gasteiger partial charge is 0.282 e. The summed E-state index contributed by atoms with van der Waals surface area (Å²) in [6.45, 7) is 11.4. The Morgan fingerprint density at radius 2 is 1.67 bits per heavy atom. The van der Waals surface area contributed by atoms with Gasteiger partial charge in [0.25, 0.3) is 11.1 Å². The number of carbonyl (C=O) groups is 2. The van der Waals surface area contributed by atoms with E-state index >= 15 is 0 Å². The molecule has 2 amide bonds. The minimum atomic E-state index is -0.360. The maximum atomic E-state index is 12.1. The summed E-state index contributed by atoms with van der Waals surface area (Å²) in [7, 11) is 0. The largest absolute Gasteiger partial charge is 0.290 e. The van der Waals surface area contributed by atoms with Crippen molar-refractivity contribution in [2.45, 2.75) is 58.3 Å². The van der Waals surface area contributed by atoms with Crippen molar-refractivity contribution in [2.75, 3.05) is 0 Å². The third-order valence-electron chi connectivity index (χ3n) is 6.44. The number of fused-ring (bicyclic) bond motifs is 1. The average Bonchev–Trinajstić information content (AvgIpc) is 2.97. The maximum Gasteiger partial charge on any atom is 0.290 e. The third-order valence-corrected chi connectivity index (χ3v) is 7.57. The number of nitrogens with one attached hydrogen (secondary N) is 1. The summed E-state index contributed by atoms with van der Waals surface area (Å²) in [5.74, 6) is -0.360. The second-order valence-electron chi connectivity index (χ2n) is 9.54. The van der Waals surface area contributed by atoms with Gasteiger partial charge in [-0.1, -0.05) is 57.5 Å². The molecule has 1 fully saturated rings. The second kappa shape index (κ2) is 7.28. The number of aryl methyl sites for hydroxylation is 1. The number of thioether (sulfide) groups is 1. The minimum absolute atomic E-state index is 0.0841. The van der Waals surface area contributed by atoms with Crippen molar-refractivity contribution in [3.05, 3.63) is 62.5 Å². The van der Waals surface area contributed by atoms with Crippen LogP contribution in [-0.4, -0.2) is 11.1 Å². The SMILES string of the molecule is Cc1cc2c(cc1-c1c(Cl)cccc1/C=C1\SC(=O)NC1=O)C(C)(C)CCC2(C)C. The van der Waals surface area contributed by atoms with Crippen molar-refractivity contribution in [3.63, 3.8) is 0 Å². The van der Waals surface area contributed by atoms with Crippen molar-refractivity contribution < 1.29 is 9.59 Å². The molecule has 0 spiro atoms. The van der Waals surface area contributed by atoms with Crippen LogP contribution in [0.1, 0.15) is 62.8 Å². The molecule has 3 nitrogen and oxygen atoms in total. The molecule has 0 atom stereocenters. The Balaban J connectivity index is 1.94. The number of benzene rings is 2. The van der Waals surface area contributed by atoms with Gasteiger partial charge in [-0.25, -0.2) is 0 Å². The first-order valence-corrected chi connectivity index (χ1v) is 11.4. The lowest BCUT2D eigenvalue weighted by atomic mass is 9.62. The molecule has 2 aromatic rings. The van der Waals surface area contributed by atoms with E-state index in [1.807, 2.05) is 18.2 Å². The molecule has 0 aromatic heterocycles. The van der Waals surface area contributed by atoms with Crippen LogP contribution >= 0.6 is 23.4 Å². The number of imide groups is 1. The van der Waals surface area contributed by atoms with Crippen LogP contribution in [0.15, 0.2) is 35.2 Å². The molecule has 4 rings (SSSR count). The lowest BCUT2D eigenvalue weighted by Gasteiger charge is -2.42. The summed E-state index contributed by atoms with van der Waals surface area (Å²) >= 11 is 7.62. The summed E-state index contributed by atoms with van der Waals surface area (Å²) in [4.78, 5) is 24.1. The van der Waals surface area contributed by atoms with E-state index in [4.69, 9.17) is 11.6 Å². The third kappa shape index (κ3) is 3.61. The van der Waals surface area contributed by atoms with Gasteiger partial charge in [0.15, 0.2) is 0 Å². The van der Waals surface area contributed by atoms with Crippen LogP contribution in [-0.2, 0) is 15.6 Å². The van der Waals surface area contributed by atoms with Crippen LogP contribution < -0.4 is 5.32 Å². The molecule has 0 saturated carbocycles. The Morgan fingerprint density at radius 1 is 1.03 bits per heavy atom. The van der Waals surface area contributed by atoms with E-state index in [0.29, 0.717) is 9.93 Å². The summed E-state index contributed by atoms with van der Waals surface area (Å²) < 4.78 is 0. The predicted molar refractivity (Wildman–Crippen MR) is 126 cm³/mol. The summed E-state index contributed by atoms with van der Waals surface area (Å²) in [5.41, 5.74) is 6.96. The first-order chi connectivity index (χ1) is 14.0. The fourth-order valence-corrected chi connectivity index (χ4v) is 5.46. The molecule has 2 aliphatic rings. The maximum absolute atomic E-state index is 12.1. The van der Waals surface area contributed by atoms with Crippen LogP contribution in [0.3, 0.4) is 0 Å². The molecule has 1 N–H and O–H groups in total. The van der Waals surface area contributed by atoms with Crippen LogP contribution in [0.2, 0.25) is 5.02 Å². The zero-order valence-electron chi connectivity index (χ0n) is 18.0. The topological polar surface area (TPSA) is 46.2 Å². The molecule has 1 aliphatic carbocycles. The van der Waals surface area contributed by atoms with Gasteiger partial charge in [-0.15, -0.1) is 0 Å². The van der Waals surface area contributed by atoms with Gasteiger partial charge in [-0.05, 0) is 88.4 Å². The van der Waals surface area contributed by atoms with Crippen LogP contribution in [0.4, 0.5) is 4.79 Å². The molecular formula is C25H26ClNO2S. The molecule has 5 heteroatoms. The van der Waals surface area contributed by atoms with Crippen molar-refractivity contribution in [3.8, 4) is 11.1 Å². The Bertz CT molecular complexity index is 1110. The first kappa shape index (κ1) is 21.2. The fourth-order valence-electron chi connectivity index (χ4n) is 4.50. The molecule has 1 heterocycles. The average molecular weight is 440 g/mol. The summed E-state index contributed by atoms with van der Waals surface area (Å²) in [6.07, 6.45) is 4.06. The van der Waals surface area contributed by atoms with E-state index in [1.165, 1.54) is 11.1 Å². The van der Waals surface area contributed by atoms with Crippen molar-refractivity contribution in [1.29, 1.82) is 0 Å². The quantitative estimate of drug-likeness (QED) is 0.513. The van der Waals surface area contributed by atoms with Gasteiger partial charge in [0, 0.05) is 10.6 Å². The van der Waals surface area contributed by atoms with Gasteiger partial charge < -0.3 is 0 Å². The van der Waals surface area contributed by atoms with Gasteiger partial charge in [-0.3, -0.25) is 14.9 Å². The highest BCUT2D eigenvalue weighted by molar-refractivity contribution is 8.18. The standard InChI is InChI=1S/C25H26ClNO2S/c1-14-11-17-18(25(4,5)10-9-24(17,2)3)13-16(14)21-15(7-6-8-19(21)26)12-20-22(28)27-23(29)30-20/h6-8,11-13H,9-10H2,1-5H3,(H,27,28,29)/b20-12-. The summed E-state index contributed by atoms with van der Waals surface area (Å²) in [6, 6.07) is 10.3. The first-order valence-electron chi connectivity index (χ1n) is 10.2. The number of halogens is 1. The Kier molecular flexibility index (Phi) is 5.14. The van der Waals surface area contributed by atoms with Crippen molar-refractivity contribution in [2.24, 2.45) is 0 Å². The molecule has 0 unspecified atom stereocenters. The molecule has 30 heavy (non-hydrogen) atoms. The second-order valence-corrected chi connectivity index (χ2v) is 11.0. The zero-order chi connectivity index (χ0) is 21.8. The van der Waals surface area contributed by atoms with E-state index in [-0.39, 0.29) is 22.0 Å². The fraction of sp³-hybridized carbons (Fsp3) is 0.360. The lowest BCUT2D eigenvalue weighted by Crippen LogP contribution is -2.34. The highest BCUT2D eigenvalue weighted by Crippen LogP contribution is 2.48. The van der Waals surface area contributed by atoms with Gasteiger partial charge in [-0.2, -0.15) is 0 Å². The number of carbonyl (C=O) groups excluding carboxylic acids is 2. The molecule has 2 aromatic carbocycles. The van der Waals surface area contributed by atoms with Crippen molar-refractivity contribution >= 4 is 40.6 Å². The Labute approximate surface area is 187 Å². The number of rotatable bonds is 2. The van der Waals surface area contributed by atoms with E-state index < -0.39 is 0 Å². The van der Waals surface area contributed by atoms with E-state index in [9.17, 15) is 9.59 Å². The Hall–Kier alpha value is -2.04. The number of hydrogen-bond donors (Lipinski definition) is 1. The predicted octanol–water partition coefficient (Wildman–Crippen LogP) is 6.99. The molecule has 0 bridgehead atoms. The number of hydrogen-bond acceptors (Lipinski definition) is 3. The van der Waals surface area contributed by atoms with E-state index in [2.05, 4.69) is 52.1 Å². The monoisotopic (exact) mass is 439 g/mol. The minimum Gasteiger partial charge on any atom is -0.282 e. The Morgan fingerprint density at radius 3 is 2.27 bits per heavy atom. The normalized spacial score (nSPS) is 20.9. The van der Waals surface area contributed by atoms with Crippen LogP contribution in [0.25, 0.3) is 17.2 Å². The highest BCUT2D eigenvalue weighted by atomic mass is 35.5. The molecular weight excluding hydrogens is 414 g/mol. The molecule has 0 radical (unpaired) electrons. The molecule has 1 aliphatic heterocycles. The van der Waals surface area contributed by atoms with Crippen molar-refractivity contribution in [1.82, 2.24) is 5.32 Å². The van der Waals surface area contributed by atoms with Gasteiger partial charge in [0.1, 0.15) is 0 Å². The molecule has 1 saturated heterocycles. The van der Waals surface area contributed by atoms with Gasteiger partial charge in [0.2, 0.25) is 0 Å².